The first kappa shape index (κ1) is 17.7. The lowest BCUT2D eigenvalue weighted by Crippen LogP contribution is -2.40. The van der Waals surface area contributed by atoms with Gasteiger partial charge in [0.2, 0.25) is 5.91 Å². The van der Waals surface area contributed by atoms with Crippen molar-refractivity contribution < 1.29 is 14.5 Å². The molecule has 0 spiro atoms. The Morgan fingerprint density at radius 2 is 2.04 bits per heavy atom. The number of rotatable bonds is 4. The van der Waals surface area contributed by atoms with Crippen molar-refractivity contribution in [2.24, 2.45) is 0 Å². The first-order chi connectivity index (χ1) is 12.3. The zero-order valence-corrected chi connectivity index (χ0v) is 14.6. The maximum atomic E-state index is 12.4. The molecule has 6 heteroatoms. The van der Waals surface area contributed by atoms with Crippen LogP contribution in [-0.4, -0.2) is 16.4 Å². The molecule has 1 N–H and O–H groups in total. The predicted octanol–water partition coefficient (Wildman–Crippen LogP) is 4.03. The van der Waals surface area contributed by atoms with Gasteiger partial charge in [-0.05, 0) is 31.6 Å². The van der Waals surface area contributed by atoms with Crippen LogP contribution >= 0.6 is 0 Å². The van der Waals surface area contributed by atoms with Crippen LogP contribution in [0, 0.1) is 10.1 Å². The van der Waals surface area contributed by atoms with Crippen molar-refractivity contribution in [3.63, 3.8) is 0 Å². The number of carbonyl (C=O) groups is 1. The van der Waals surface area contributed by atoms with Gasteiger partial charge in [-0.25, -0.2) is 0 Å². The second-order valence-corrected chi connectivity index (χ2v) is 6.85. The van der Waals surface area contributed by atoms with E-state index in [1.807, 2.05) is 38.1 Å². The van der Waals surface area contributed by atoms with E-state index >= 15 is 0 Å². The highest BCUT2D eigenvalue weighted by Crippen LogP contribution is 2.39. The van der Waals surface area contributed by atoms with E-state index in [1.54, 1.807) is 18.2 Å². The lowest BCUT2D eigenvalue weighted by molar-refractivity contribution is -0.384. The standard InChI is InChI=1S/C20H20N2O4/c1-20(2)13-17(16-8-3-4-9-18(16)26-20)21-19(23)11-10-14-6-5-7-15(12-14)22(24)25/h3-12,17H,13H2,1-2H3,(H,21,23)/b11-10+/t17-/m0/s1. The monoisotopic (exact) mass is 352 g/mol. The molecule has 0 radical (unpaired) electrons. The zero-order chi connectivity index (χ0) is 18.7. The zero-order valence-electron chi connectivity index (χ0n) is 14.6. The smallest absolute Gasteiger partial charge is 0.270 e. The second kappa shape index (κ2) is 7.00. The van der Waals surface area contributed by atoms with Crippen LogP contribution in [0.4, 0.5) is 5.69 Å². The van der Waals surface area contributed by atoms with Gasteiger partial charge < -0.3 is 10.1 Å². The van der Waals surface area contributed by atoms with Crippen LogP contribution in [0.5, 0.6) is 5.75 Å². The lowest BCUT2D eigenvalue weighted by Gasteiger charge is -2.37. The Labute approximate surface area is 151 Å². The summed E-state index contributed by atoms with van der Waals surface area (Å²) in [5.74, 6) is 0.519. The summed E-state index contributed by atoms with van der Waals surface area (Å²) in [7, 11) is 0. The molecular weight excluding hydrogens is 332 g/mol. The van der Waals surface area contributed by atoms with E-state index in [-0.39, 0.29) is 23.2 Å². The van der Waals surface area contributed by atoms with Gasteiger partial charge >= 0.3 is 0 Å². The van der Waals surface area contributed by atoms with Crippen molar-refractivity contribution in [1.29, 1.82) is 0 Å². The van der Waals surface area contributed by atoms with Crippen molar-refractivity contribution in [1.82, 2.24) is 5.32 Å². The largest absolute Gasteiger partial charge is 0.487 e. The number of para-hydroxylation sites is 1. The maximum absolute atomic E-state index is 12.4. The van der Waals surface area contributed by atoms with E-state index in [0.29, 0.717) is 12.0 Å². The Balaban J connectivity index is 1.74. The number of nitro groups is 1. The molecule has 0 saturated heterocycles. The molecule has 1 aliphatic rings. The minimum absolute atomic E-state index is 0.00679. The Bertz CT molecular complexity index is 874. The van der Waals surface area contributed by atoms with Gasteiger partial charge in [-0.2, -0.15) is 0 Å². The number of nitrogens with zero attached hydrogens (tertiary/aromatic N) is 1. The average molecular weight is 352 g/mol. The second-order valence-electron chi connectivity index (χ2n) is 6.85. The van der Waals surface area contributed by atoms with Crippen LogP contribution in [-0.2, 0) is 4.79 Å². The van der Waals surface area contributed by atoms with E-state index in [9.17, 15) is 14.9 Å². The van der Waals surface area contributed by atoms with Crippen LogP contribution < -0.4 is 10.1 Å². The van der Waals surface area contributed by atoms with Crippen molar-refractivity contribution in [3.05, 3.63) is 75.8 Å². The molecule has 0 bridgehead atoms. The normalized spacial score (nSPS) is 18.0. The van der Waals surface area contributed by atoms with Crippen LogP contribution in [0.3, 0.4) is 0 Å². The lowest BCUT2D eigenvalue weighted by atomic mass is 9.89. The Kier molecular flexibility index (Phi) is 4.75. The molecule has 0 saturated carbocycles. The number of hydrogen-bond acceptors (Lipinski definition) is 4. The molecule has 0 fully saturated rings. The number of amides is 1. The van der Waals surface area contributed by atoms with Crippen LogP contribution in [0.25, 0.3) is 6.08 Å². The van der Waals surface area contributed by atoms with Gasteiger partial charge in [-0.1, -0.05) is 30.3 Å². The van der Waals surface area contributed by atoms with Crippen LogP contribution in [0.1, 0.15) is 37.4 Å². The SMILES string of the molecule is CC1(C)C[C@H](NC(=O)/C=C/c2cccc([N+](=O)[O-])c2)c2ccccc2O1. The molecule has 1 aliphatic heterocycles. The van der Waals surface area contributed by atoms with Crippen LogP contribution in [0.2, 0.25) is 0 Å². The van der Waals surface area contributed by atoms with Crippen molar-refractivity contribution in [2.75, 3.05) is 0 Å². The molecule has 2 aromatic carbocycles. The highest BCUT2D eigenvalue weighted by molar-refractivity contribution is 5.92. The third kappa shape index (κ3) is 4.08. The highest BCUT2D eigenvalue weighted by atomic mass is 16.6. The first-order valence-corrected chi connectivity index (χ1v) is 8.35. The van der Waals surface area contributed by atoms with Gasteiger partial charge in [-0.15, -0.1) is 0 Å². The minimum atomic E-state index is -0.460. The summed E-state index contributed by atoms with van der Waals surface area (Å²) < 4.78 is 5.96. The van der Waals surface area contributed by atoms with E-state index < -0.39 is 4.92 Å². The molecule has 6 nitrogen and oxygen atoms in total. The van der Waals surface area contributed by atoms with Gasteiger partial charge in [0.1, 0.15) is 11.4 Å². The number of ether oxygens (including phenoxy) is 1. The molecule has 2 aromatic rings. The quantitative estimate of drug-likeness (QED) is 0.512. The third-order valence-electron chi connectivity index (χ3n) is 4.20. The summed E-state index contributed by atoms with van der Waals surface area (Å²) in [5.41, 5.74) is 1.16. The molecule has 1 amide bonds. The van der Waals surface area contributed by atoms with E-state index in [0.717, 1.165) is 11.3 Å². The number of nitrogens with one attached hydrogen (secondary N) is 1. The van der Waals surface area contributed by atoms with Crippen molar-refractivity contribution >= 4 is 17.7 Å². The number of fused-ring (bicyclic) bond motifs is 1. The molecule has 0 aliphatic carbocycles. The van der Waals surface area contributed by atoms with Gasteiger partial charge in [0, 0.05) is 30.2 Å². The molecule has 0 unspecified atom stereocenters. The van der Waals surface area contributed by atoms with Gasteiger partial charge in [-0.3, -0.25) is 14.9 Å². The van der Waals surface area contributed by atoms with Gasteiger partial charge in [0.15, 0.2) is 0 Å². The van der Waals surface area contributed by atoms with Gasteiger partial charge in [0.25, 0.3) is 5.69 Å². The summed E-state index contributed by atoms with van der Waals surface area (Å²) in [5, 5.41) is 13.8. The fraction of sp³-hybridized carbons (Fsp3) is 0.250. The minimum Gasteiger partial charge on any atom is -0.487 e. The number of hydrogen-bond donors (Lipinski definition) is 1. The summed E-state index contributed by atoms with van der Waals surface area (Å²) in [6, 6.07) is 13.6. The Morgan fingerprint density at radius 1 is 1.27 bits per heavy atom. The van der Waals surface area contributed by atoms with E-state index in [1.165, 1.54) is 18.2 Å². The molecule has 26 heavy (non-hydrogen) atoms. The third-order valence-corrected chi connectivity index (χ3v) is 4.20. The topological polar surface area (TPSA) is 81.5 Å². The van der Waals surface area contributed by atoms with Crippen molar-refractivity contribution in [3.8, 4) is 5.75 Å². The molecule has 3 rings (SSSR count). The number of carbonyl (C=O) groups excluding carboxylic acids is 1. The molecule has 1 atom stereocenters. The average Bonchev–Trinajstić information content (AvgIpc) is 2.59. The number of non-ortho nitro benzene ring substituents is 1. The fourth-order valence-corrected chi connectivity index (χ4v) is 3.06. The molecule has 134 valence electrons. The Morgan fingerprint density at radius 3 is 2.81 bits per heavy atom. The Hall–Kier alpha value is -3.15. The van der Waals surface area contributed by atoms with E-state index in [4.69, 9.17) is 4.74 Å². The van der Waals surface area contributed by atoms with Crippen LogP contribution in [0.15, 0.2) is 54.6 Å². The van der Waals surface area contributed by atoms with Crippen molar-refractivity contribution in [2.45, 2.75) is 31.9 Å². The molecule has 1 heterocycles. The highest BCUT2D eigenvalue weighted by Gasteiger charge is 2.33. The summed E-state index contributed by atoms with van der Waals surface area (Å²) in [6.07, 6.45) is 3.61. The summed E-state index contributed by atoms with van der Waals surface area (Å²) in [6.45, 7) is 3.97. The molecular formula is C20H20N2O4. The summed E-state index contributed by atoms with van der Waals surface area (Å²) >= 11 is 0. The first-order valence-electron chi connectivity index (χ1n) is 8.35. The van der Waals surface area contributed by atoms with Gasteiger partial charge in [0.05, 0.1) is 11.0 Å². The number of benzene rings is 2. The fourth-order valence-electron chi connectivity index (χ4n) is 3.06. The predicted molar refractivity (Wildman–Crippen MR) is 98.8 cm³/mol. The molecule has 0 aromatic heterocycles. The van der Waals surface area contributed by atoms with E-state index in [2.05, 4.69) is 5.32 Å². The maximum Gasteiger partial charge on any atom is 0.270 e. The summed E-state index contributed by atoms with van der Waals surface area (Å²) in [4.78, 5) is 22.7. The number of nitro benzene ring substituents is 1.